The van der Waals surface area contributed by atoms with Crippen molar-refractivity contribution in [2.45, 2.75) is 57.5 Å². The second-order valence-electron chi connectivity index (χ2n) is 9.42. The molecule has 3 aromatic rings. The molecule has 0 fully saturated rings. The molecule has 0 heterocycles. The van der Waals surface area contributed by atoms with Crippen molar-refractivity contribution in [3.05, 3.63) is 94.0 Å². The summed E-state index contributed by atoms with van der Waals surface area (Å²) in [5, 5.41) is 3.64. The molecule has 0 aliphatic carbocycles. The number of carbonyl (C=O) groups excluding carboxylic acids is 2. The van der Waals surface area contributed by atoms with Crippen molar-refractivity contribution in [1.29, 1.82) is 0 Å². The lowest BCUT2D eigenvalue weighted by Crippen LogP contribution is -2.51. The number of halogens is 2. The van der Waals surface area contributed by atoms with Gasteiger partial charge in [0.05, 0.1) is 10.6 Å². The van der Waals surface area contributed by atoms with Crippen LogP contribution in [0.2, 0.25) is 10.0 Å². The molecule has 3 rings (SSSR count). The summed E-state index contributed by atoms with van der Waals surface area (Å²) in [5.41, 5.74) is 1.96. The SMILES string of the molecule is CCCCNC(=O)C(C)N(Cc1ccc(Cl)cc1Cl)C(=O)CN(c1ccc(CC)cc1)S(=O)(=O)c1ccccc1. The summed E-state index contributed by atoms with van der Waals surface area (Å²) in [5.74, 6) is -0.889. The molecule has 1 unspecified atom stereocenters. The molecule has 0 bridgehead atoms. The highest BCUT2D eigenvalue weighted by Gasteiger charge is 2.32. The van der Waals surface area contributed by atoms with Crippen molar-refractivity contribution in [2.24, 2.45) is 0 Å². The first-order chi connectivity index (χ1) is 19.1. The zero-order valence-corrected chi connectivity index (χ0v) is 25.3. The number of nitrogens with zero attached hydrogens (tertiary/aromatic N) is 2. The number of carbonyl (C=O) groups is 2. The smallest absolute Gasteiger partial charge is 0.264 e. The molecule has 10 heteroatoms. The van der Waals surface area contributed by atoms with E-state index in [9.17, 15) is 18.0 Å². The van der Waals surface area contributed by atoms with Gasteiger partial charge in [-0.3, -0.25) is 13.9 Å². The highest BCUT2D eigenvalue weighted by atomic mass is 35.5. The van der Waals surface area contributed by atoms with E-state index in [1.807, 2.05) is 26.0 Å². The number of benzene rings is 3. The molecule has 1 atom stereocenters. The Bertz CT molecular complexity index is 1400. The van der Waals surface area contributed by atoms with Gasteiger partial charge < -0.3 is 10.2 Å². The van der Waals surface area contributed by atoms with E-state index >= 15 is 0 Å². The summed E-state index contributed by atoms with van der Waals surface area (Å²) >= 11 is 12.5. The maximum atomic E-state index is 14.0. The Morgan fingerprint density at radius 3 is 2.23 bits per heavy atom. The van der Waals surface area contributed by atoms with E-state index in [1.165, 1.54) is 17.0 Å². The van der Waals surface area contributed by atoms with Crippen molar-refractivity contribution < 1.29 is 18.0 Å². The lowest BCUT2D eigenvalue weighted by molar-refractivity contribution is -0.139. The molecular formula is C30H35Cl2N3O4S. The van der Waals surface area contributed by atoms with Crippen LogP contribution in [0, 0.1) is 0 Å². The topological polar surface area (TPSA) is 86.8 Å². The molecule has 214 valence electrons. The number of unbranched alkanes of at least 4 members (excludes halogenated alkanes) is 1. The third-order valence-electron chi connectivity index (χ3n) is 6.60. The average Bonchev–Trinajstić information content (AvgIpc) is 2.95. The minimum absolute atomic E-state index is 0.00873. The van der Waals surface area contributed by atoms with Gasteiger partial charge in [0.1, 0.15) is 12.6 Å². The average molecular weight is 605 g/mol. The first kappa shape index (κ1) is 31.5. The number of sulfonamides is 1. The number of amides is 2. The molecule has 7 nitrogen and oxygen atoms in total. The highest BCUT2D eigenvalue weighted by Crippen LogP contribution is 2.27. The van der Waals surface area contributed by atoms with Gasteiger partial charge in [-0.05, 0) is 67.3 Å². The van der Waals surface area contributed by atoms with Gasteiger partial charge in [-0.25, -0.2) is 8.42 Å². The van der Waals surface area contributed by atoms with Gasteiger partial charge in [-0.2, -0.15) is 0 Å². The quantitative estimate of drug-likeness (QED) is 0.240. The summed E-state index contributed by atoms with van der Waals surface area (Å²) in [6.07, 6.45) is 2.48. The molecule has 0 spiro atoms. The summed E-state index contributed by atoms with van der Waals surface area (Å²) in [4.78, 5) is 28.4. The van der Waals surface area contributed by atoms with Gasteiger partial charge in [0.15, 0.2) is 0 Å². The molecule has 0 aliphatic rings. The van der Waals surface area contributed by atoms with E-state index in [1.54, 1.807) is 55.5 Å². The minimum atomic E-state index is -4.11. The fraction of sp³-hybridized carbons (Fsp3) is 0.333. The van der Waals surface area contributed by atoms with E-state index in [2.05, 4.69) is 5.32 Å². The number of anilines is 1. The third kappa shape index (κ3) is 7.99. The summed E-state index contributed by atoms with van der Waals surface area (Å²) in [7, 11) is -4.11. The second-order valence-corrected chi connectivity index (χ2v) is 12.1. The maximum absolute atomic E-state index is 14.0. The van der Waals surface area contributed by atoms with Crippen LogP contribution >= 0.6 is 23.2 Å². The Morgan fingerprint density at radius 1 is 0.950 bits per heavy atom. The maximum Gasteiger partial charge on any atom is 0.264 e. The number of hydrogen-bond donors (Lipinski definition) is 1. The van der Waals surface area contributed by atoms with E-state index in [0.717, 1.165) is 29.1 Å². The van der Waals surface area contributed by atoms with E-state index in [-0.39, 0.29) is 17.3 Å². The highest BCUT2D eigenvalue weighted by molar-refractivity contribution is 7.92. The van der Waals surface area contributed by atoms with Crippen LogP contribution < -0.4 is 9.62 Å². The van der Waals surface area contributed by atoms with Crippen molar-refractivity contribution >= 4 is 50.7 Å². The first-order valence-corrected chi connectivity index (χ1v) is 15.5. The molecule has 2 amide bonds. The second kappa shape index (κ2) is 14.5. The number of nitrogens with one attached hydrogen (secondary N) is 1. The normalized spacial score (nSPS) is 12.0. The number of hydrogen-bond acceptors (Lipinski definition) is 4. The summed E-state index contributed by atoms with van der Waals surface area (Å²) in [6, 6.07) is 19.0. The zero-order chi connectivity index (χ0) is 29.3. The van der Waals surface area contributed by atoms with Crippen LogP contribution in [0.25, 0.3) is 0 Å². The molecule has 0 aliphatic heterocycles. The molecule has 0 saturated carbocycles. The van der Waals surface area contributed by atoms with Crippen molar-refractivity contribution in [1.82, 2.24) is 10.2 Å². The van der Waals surface area contributed by atoms with Crippen LogP contribution in [0.1, 0.15) is 44.7 Å². The lowest BCUT2D eigenvalue weighted by atomic mass is 10.1. The Labute approximate surface area is 247 Å². The van der Waals surface area contributed by atoms with Gasteiger partial charge in [0, 0.05) is 23.1 Å². The third-order valence-corrected chi connectivity index (χ3v) is 8.97. The summed E-state index contributed by atoms with van der Waals surface area (Å²) < 4.78 is 28.7. The zero-order valence-electron chi connectivity index (χ0n) is 22.9. The largest absolute Gasteiger partial charge is 0.354 e. The fourth-order valence-electron chi connectivity index (χ4n) is 4.10. The predicted molar refractivity (Wildman–Crippen MR) is 161 cm³/mol. The first-order valence-electron chi connectivity index (χ1n) is 13.3. The van der Waals surface area contributed by atoms with E-state index < -0.39 is 28.5 Å². The molecule has 0 saturated heterocycles. The van der Waals surface area contributed by atoms with Crippen LogP contribution in [0.5, 0.6) is 0 Å². The Balaban J connectivity index is 2.01. The standard InChI is InChI=1S/C30H35Cl2N3O4S/c1-4-6-18-33-30(37)22(3)34(20-24-14-15-25(31)19-28(24)32)29(36)21-35(26-16-12-23(5-2)13-17-26)40(38,39)27-10-8-7-9-11-27/h7-17,19,22H,4-6,18,20-21H2,1-3H3,(H,33,37). The molecule has 0 radical (unpaired) electrons. The Morgan fingerprint density at radius 2 is 1.62 bits per heavy atom. The predicted octanol–water partition coefficient (Wildman–Crippen LogP) is 6.08. The molecule has 1 N–H and O–H groups in total. The molecular weight excluding hydrogens is 569 g/mol. The fourth-order valence-corrected chi connectivity index (χ4v) is 6.00. The van der Waals surface area contributed by atoms with Crippen molar-refractivity contribution in [2.75, 3.05) is 17.4 Å². The van der Waals surface area contributed by atoms with Crippen molar-refractivity contribution in [3.63, 3.8) is 0 Å². The van der Waals surface area contributed by atoms with Crippen LogP contribution in [0.3, 0.4) is 0 Å². The number of aryl methyl sites for hydroxylation is 1. The minimum Gasteiger partial charge on any atom is -0.354 e. The van der Waals surface area contributed by atoms with Crippen LogP contribution in [0.15, 0.2) is 77.7 Å². The van der Waals surface area contributed by atoms with Gasteiger partial charge in [-0.1, -0.05) is 79.9 Å². The van der Waals surface area contributed by atoms with Crippen LogP contribution in [0.4, 0.5) is 5.69 Å². The summed E-state index contributed by atoms with van der Waals surface area (Å²) in [6.45, 7) is 5.59. The van der Waals surface area contributed by atoms with Crippen molar-refractivity contribution in [3.8, 4) is 0 Å². The van der Waals surface area contributed by atoms with Gasteiger partial charge >= 0.3 is 0 Å². The molecule has 3 aromatic carbocycles. The van der Waals surface area contributed by atoms with Gasteiger partial charge in [-0.15, -0.1) is 0 Å². The molecule has 0 aromatic heterocycles. The lowest BCUT2D eigenvalue weighted by Gasteiger charge is -2.32. The van der Waals surface area contributed by atoms with Crippen LogP contribution in [-0.4, -0.2) is 44.3 Å². The Kier molecular flexibility index (Phi) is 11.4. The van der Waals surface area contributed by atoms with Gasteiger partial charge in [0.2, 0.25) is 11.8 Å². The molecule has 40 heavy (non-hydrogen) atoms. The monoisotopic (exact) mass is 603 g/mol. The van der Waals surface area contributed by atoms with E-state index in [4.69, 9.17) is 23.2 Å². The Hall–Kier alpha value is -3.07. The number of rotatable bonds is 13. The van der Waals surface area contributed by atoms with E-state index in [0.29, 0.717) is 27.8 Å². The van der Waals surface area contributed by atoms with Crippen LogP contribution in [-0.2, 0) is 32.6 Å². The van der Waals surface area contributed by atoms with Gasteiger partial charge in [0.25, 0.3) is 10.0 Å².